The summed E-state index contributed by atoms with van der Waals surface area (Å²) in [5.74, 6) is 0.811. The molecule has 0 unspecified atom stereocenters. The maximum Gasteiger partial charge on any atom is 0.350 e. The van der Waals surface area contributed by atoms with E-state index < -0.39 is 47.2 Å². The summed E-state index contributed by atoms with van der Waals surface area (Å²) in [6, 6.07) is -0.251. The van der Waals surface area contributed by atoms with Gasteiger partial charge in [-0.15, -0.1) is 0 Å². The van der Waals surface area contributed by atoms with Crippen LogP contribution in [0.2, 0.25) is 0 Å². The van der Waals surface area contributed by atoms with Crippen LogP contribution in [0.5, 0.6) is 0 Å². The molecule has 1 heterocycles. The third-order valence-corrected chi connectivity index (χ3v) is 20.1. The van der Waals surface area contributed by atoms with Crippen molar-refractivity contribution in [2.75, 3.05) is 37.5 Å². The number of carboxylic acids is 1. The molecule has 1 saturated heterocycles. The summed E-state index contributed by atoms with van der Waals surface area (Å²) in [5.41, 5.74) is -0.0665. The van der Waals surface area contributed by atoms with E-state index in [-0.39, 0.29) is 57.3 Å². The summed E-state index contributed by atoms with van der Waals surface area (Å²) < 4.78 is 48.7. The van der Waals surface area contributed by atoms with Crippen molar-refractivity contribution >= 4 is 29.4 Å². The van der Waals surface area contributed by atoms with Gasteiger partial charge in [0.25, 0.3) is 0 Å². The molecule has 6 aliphatic rings. The lowest BCUT2D eigenvalue weighted by molar-refractivity contribution is -0.246. The number of carboxylic acid groups (broad SMARTS) is 1. The minimum atomic E-state index is -4.39. The molecule has 0 radical (unpaired) electrons. The maximum absolute atomic E-state index is 13.2. The van der Waals surface area contributed by atoms with Crippen LogP contribution in [-0.2, 0) is 33.5 Å². The summed E-state index contributed by atoms with van der Waals surface area (Å²) in [4.78, 5) is 46.3. The number of allylic oxidation sites excluding steroid dienone is 1. The summed E-state index contributed by atoms with van der Waals surface area (Å²) in [5, 5.41) is 13.8. The van der Waals surface area contributed by atoms with Gasteiger partial charge >= 0.3 is 19.5 Å². The lowest BCUT2D eigenvalue weighted by atomic mass is 9.32. The fraction of sp³-hybridized carbons (Fsp3) is 0.909. The van der Waals surface area contributed by atoms with Gasteiger partial charge in [-0.2, -0.15) is 0 Å². The van der Waals surface area contributed by atoms with Crippen LogP contribution in [0.1, 0.15) is 133 Å². The van der Waals surface area contributed by atoms with Gasteiger partial charge < -0.3 is 29.7 Å². The Morgan fingerprint density at radius 3 is 2.19 bits per heavy atom. The first-order valence-corrected chi connectivity index (χ1v) is 25.7. The number of ether oxygens (including phenoxy) is 2. The molecule has 12 nitrogen and oxygen atoms in total. The molecular weight excluding hydrogens is 780 g/mol. The molecule has 12 atom stereocenters. The number of esters is 1. The van der Waals surface area contributed by atoms with E-state index in [0.717, 1.165) is 64.2 Å². The van der Waals surface area contributed by atoms with Crippen molar-refractivity contribution in [2.24, 2.45) is 56.7 Å². The first-order valence-electron chi connectivity index (χ1n) is 22.1. The van der Waals surface area contributed by atoms with Crippen LogP contribution >= 0.6 is 7.60 Å². The number of carbonyl (C=O) groups is 2. The number of hydrogen-bond donors (Lipinski definition) is 4. The highest BCUT2D eigenvalue weighted by Gasteiger charge is 2.71. The molecule has 0 aromatic heterocycles. The lowest BCUT2D eigenvalue weighted by Crippen LogP contribution is -2.69. The van der Waals surface area contributed by atoms with Crippen LogP contribution in [0, 0.1) is 56.7 Å². The van der Waals surface area contributed by atoms with Gasteiger partial charge in [0.2, 0.25) is 0 Å². The zero-order valence-electron chi connectivity index (χ0n) is 36.8. The van der Waals surface area contributed by atoms with Crippen molar-refractivity contribution in [1.29, 1.82) is 0 Å². The van der Waals surface area contributed by atoms with Crippen molar-refractivity contribution in [3.63, 3.8) is 0 Å². The minimum absolute atomic E-state index is 0.0638. The topological polar surface area (TPSA) is 180 Å². The molecule has 1 aliphatic heterocycles. The minimum Gasteiger partial charge on any atom is -0.481 e. The predicted molar refractivity (Wildman–Crippen MR) is 225 cm³/mol. The number of sulfone groups is 1. The van der Waals surface area contributed by atoms with Crippen LogP contribution in [-0.4, -0.2) is 101 Å². The van der Waals surface area contributed by atoms with E-state index in [1.54, 1.807) is 13.8 Å². The molecule has 0 aromatic carbocycles. The summed E-state index contributed by atoms with van der Waals surface area (Å²) >= 11 is 0. The number of hydrogen-bond acceptors (Lipinski definition) is 9. The Morgan fingerprint density at radius 2 is 1.59 bits per heavy atom. The van der Waals surface area contributed by atoms with E-state index >= 15 is 0 Å². The average Bonchev–Trinajstić information content (AvgIpc) is 3.49. The first-order chi connectivity index (χ1) is 26.6. The number of nitrogens with zero attached hydrogens (tertiary/aromatic N) is 1. The molecule has 0 amide bonds. The van der Waals surface area contributed by atoms with Gasteiger partial charge in [0, 0.05) is 36.6 Å². The van der Waals surface area contributed by atoms with Crippen LogP contribution in [0.4, 0.5) is 0 Å². The molecule has 0 bridgehead atoms. The normalized spacial score (nSPS) is 40.9. The van der Waals surface area contributed by atoms with Gasteiger partial charge in [-0.1, -0.05) is 46.8 Å². The highest BCUT2D eigenvalue weighted by atomic mass is 32.2. The SMILES string of the molecule is C=C(C)[C@@H]1CC[C@]2(NC[C@H]([C@@H](C)OCP(=O)(O)O)N3CCS(=O)(=O)CC3)CC[C@]3(C)[C@H](CC[C@@H]4[C@@]5(C)CC[C@H](OC(=O)CC(C)(C)C(=O)O)C(C)(C)[C@@H]5CC[C@]43C)[C@@H]12. The third-order valence-electron chi connectivity index (χ3n) is 18.0. The van der Waals surface area contributed by atoms with Crippen LogP contribution < -0.4 is 5.32 Å². The number of aliphatic carboxylic acids is 1. The van der Waals surface area contributed by atoms with Gasteiger partial charge in [0.05, 0.1) is 29.4 Å². The molecule has 4 N–H and O–H groups in total. The van der Waals surface area contributed by atoms with E-state index in [0.29, 0.717) is 49.2 Å². The fourth-order valence-corrected chi connectivity index (χ4v) is 16.2. The van der Waals surface area contributed by atoms with Crippen LogP contribution in [0.3, 0.4) is 0 Å². The van der Waals surface area contributed by atoms with Gasteiger partial charge in [0.15, 0.2) is 9.84 Å². The molecule has 0 spiro atoms. The zero-order valence-corrected chi connectivity index (χ0v) is 38.6. The number of rotatable bonds is 13. The van der Waals surface area contributed by atoms with E-state index in [9.17, 15) is 37.5 Å². The Hall–Kier alpha value is -1.34. The third kappa shape index (κ3) is 8.19. The van der Waals surface area contributed by atoms with Gasteiger partial charge in [-0.25, -0.2) is 8.42 Å². The Balaban J connectivity index is 1.24. The Bertz CT molecular complexity index is 1750. The van der Waals surface area contributed by atoms with Crippen molar-refractivity contribution in [2.45, 2.75) is 157 Å². The summed E-state index contributed by atoms with van der Waals surface area (Å²) in [6.45, 7) is 25.3. The fourth-order valence-electron chi connectivity index (χ4n) is 14.6. The molecule has 6 rings (SSSR count). The maximum atomic E-state index is 13.2. The zero-order chi connectivity index (χ0) is 43.1. The van der Waals surface area contributed by atoms with E-state index in [1.807, 2.05) is 6.92 Å². The predicted octanol–water partition coefficient (Wildman–Crippen LogP) is 7.04. The van der Waals surface area contributed by atoms with Crippen molar-refractivity contribution < 1.29 is 46.9 Å². The second-order valence-corrected chi connectivity index (χ2v) is 25.7. The monoisotopic (exact) mass is 854 g/mol. The largest absolute Gasteiger partial charge is 0.481 e. The molecule has 5 aliphatic carbocycles. The average molecular weight is 855 g/mol. The van der Waals surface area contributed by atoms with E-state index in [1.165, 1.54) is 5.57 Å². The summed E-state index contributed by atoms with van der Waals surface area (Å²) in [6.07, 6.45) is 8.82. The molecule has 6 fully saturated rings. The van der Waals surface area contributed by atoms with Crippen molar-refractivity contribution in [3.8, 4) is 0 Å². The lowest BCUT2D eigenvalue weighted by Gasteiger charge is -2.73. The highest BCUT2D eigenvalue weighted by Crippen LogP contribution is 2.76. The highest BCUT2D eigenvalue weighted by molar-refractivity contribution is 7.91. The molecular formula is C44H75N2O10PS. The molecule has 5 saturated carbocycles. The van der Waals surface area contributed by atoms with E-state index in [4.69, 9.17) is 9.47 Å². The van der Waals surface area contributed by atoms with E-state index in [2.05, 4.69) is 58.3 Å². The quantitative estimate of drug-likeness (QED) is 0.0845. The second-order valence-electron chi connectivity index (χ2n) is 21.8. The van der Waals surface area contributed by atoms with Crippen LogP contribution in [0.15, 0.2) is 12.2 Å². The van der Waals surface area contributed by atoms with Gasteiger partial charge in [0.1, 0.15) is 12.5 Å². The number of nitrogens with one attached hydrogen (secondary N) is 1. The summed E-state index contributed by atoms with van der Waals surface area (Å²) in [7, 11) is -7.52. The smallest absolute Gasteiger partial charge is 0.350 e. The Kier molecular flexibility index (Phi) is 12.6. The van der Waals surface area contributed by atoms with Gasteiger partial charge in [-0.05, 0) is 138 Å². The van der Waals surface area contributed by atoms with Crippen molar-refractivity contribution in [1.82, 2.24) is 10.2 Å². The molecule has 0 aromatic rings. The molecule has 332 valence electrons. The van der Waals surface area contributed by atoms with Gasteiger partial charge in [-0.3, -0.25) is 19.1 Å². The Labute approximate surface area is 348 Å². The second kappa shape index (κ2) is 15.8. The standard InChI is InChI=1S/C44H75N2O10PS/c1-28(2)30-13-18-44(45-26-32(29(3)55-27-57(50,51)52)46-21-23-58(53,54)24-22-46)20-19-42(9)31(37(30)44)11-12-34-41(8)16-15-35(56-36(47)25-39(4,5)38(48)49)40(6,7)33(41)14-17-43(34,42)10/h29-35,37,45H,1,11-27H2,2-10H3,(H,48,49)(H2,50,51,52)/t29-,30+,31-,32-,33+,34-,35+,37-,41+,42-,43-,44+/m1/s1. The number of fused-ring (bicyclic) bond motifs is 7. The molecule has 58 heavy (non-hydrogen) atoms. The van der Waals surface area contributed by atoms with Crippen molar-refractivity contribution in [3.05, 3.63) is 12.2 Å². The molecule has 14 heteroatoms. The first kappa shape index (κ1) is 46.2. The van der Waals surface area contributed by atoms with Crippen LogP contribution in [0.25, 0.3) is 0 Å². The Morgan fingerprint density at radius 1 is 0.931 bits per heavy atom. The number of carbonyl (C=O) groups excluding carboxylic acids is 1.